The molecular formula is C21H21N3O5. The molecule has 0 bridgehead atoms. The first-order valence-electron chi connectivity index (χ1n) is 8.94. The SMILES string of the molecule is COC(=O)c1cccc(NC(=O)CN2C(=O)NC(C)(c3ccc(C)cc3)C2=O)c1. The van der Waals surface area contributed by atoms with Crippen molar-refractivity contribution in [3.8, 4) is 0 Å². The molecule has 0 spiro atoms. The number of urea groups is 1. The minimum atomic E-state index is -1.24. The lowest BCUT2D eigenvalue weighted by atomic mass is 9.91. The van der Waals surface area contributed by atoms with Gasteiger partial charge in [0.2, 0.25) is 5.91 Å². The number of hydrogen-bond donors (Lipinski definition) is 2. The van der Waals surface area contributed by atoms with Crippen LogP contribution < -0.4 is 10.6 Å². The van der Waals surface area contributed by atoms with Crippen LogP contribution in [0.1, 0.15) is 28.4 Å². The Kier molecular flexibility index (Phi) is 5.36. The number of imide groups is 1. The summed E-state index contributed by atoms with van der Waals surface area (Å²) in [5.41, 5.74) is 1.05. The van der Waals surface area contributed by atoms with E-state index in [1.165, 1.54) is 13.2 Å². The van der Waals surface area contributed by atoms with Crippen LogP contribution in [0.25, 0.3) is 0 Å². The van der Waals surface area contributed by atoms with Crippen LogP contribution in [0.3, 0.4) is 0 Å². The summed E-state index contributed by atoms with van der Waals surface area (Å²) in [6.45, 7) is 3.08. The standard InChI is InChI=1S/C21H21N3O5/c1-13-7-9-15(10-8-13)21(2)19(27)24(20(28)23-21)12-17(25)22-16-6-4-5-14(11-16)18(26)29-3/h4-11H,12H2,1-3H3,(H,22,25)(H,23,28). The van der Waals surface area contributed by atoms with E-state index in [2.05, 4.69) is 15.4 Å². The third-order valence-corrected chi connectivity index (χ3v) is 4.77. The number of nitrogens with one attached hydrogen (secondary N) is 2. The van der Waals surface area contributed by atoms with Gasteiger partial charge in [-0.25, -0.2) is 9.59 Å². The van der Waals surface area contributed by atoms with Crippen molar-refractivity contribution in [3.63, 3.8) is 0 Å². The molecule has 8 nitrogen and oxygen atoms in total. The van der Waals surface area contributed by atoms with Gasteiger partial charge in [-0.15, -0.1) is 0 Å². The summed E-state index contributed by atoms with van der Waals surface area (Å²) in [7, 11) is 1.26. The molecule has 1 saturated heterocycles. The second-order valence-corrected chi connectivity index (χ2v) is 6.93. The van der Waals surface area contributed by atoms with Crippen molar-refractivity contribution in [2.24, 2.45) is 0 Å². The third kappa shape index (κ3) is 3.96. The van der Waals surface area contributed by atoms with Crippen molar-refractivity contribution >= 4 is 29.5 Å². The molecule has 1 heterocycles. The Morgan fingerprint density at radius 3 is 2.48 bits per heavy atom. The van der Waals surface area contributed by atoms with E-state index < -0.39 is 35.9 Å². The molecule has 0 radical (unpaired) electrons. The van der Waals surface area contributed by atoms with Crippen molar-refractivity contribution in [2.75, 3.05) is 19.0 Å². The number of methoxy groups -OCH3 is 1. The van der Waals surface area contributed by atoms with Crippen LogP contribution >= 0.6 is 0 Å². The smallest absolute Gasteiger partial charge is 0.337 e. The van der Waals surface area contributed by atoms with Crippen LogP contribution in [0.2, 0.25) is 0 Å². The summed E-state index contributed by atoms with van der Waals surface area (Å²) in [4.78, 5) is 50.1. The van der Waals surface area contributed by atoms with Crippen LogP contribution in [-0.4, -0.2) is 42.4 Å². The number of nitrogens with zero attached hydrogens (tertiary/aromatic N) is 1. The van der Waals surface area contributed by atoms with Gasteiger partial charge in [-0.1, -0.05) is 35.9 Å². The number of hydrogen-bond acceptors (Lipinski definition) is 5. The second kappa shape index (κ2) is 7.75. The summed E-state index contributed by atoms with van der Waals surface area (Å²) >= 11 is 0. The number of carbonyl (C=O) groups is 4. The molecule has 2 N–H and O–H groups in total. The molecule has 29 heavy (non-hydrogen) atoms. The fraction of sp³-hybridized carbons (Fsp3) is 0.238. The average Bonchev–Trinajstić information content (AvgIpc) is 2.92. The molecule has 1 fully saturated rings. The van der Waals surface area contributed by atoms with Gasteiger partial charge < -0.3 is 15.4 Å². The van der Waals surface area contributed by atoms with Gasteiger partial charge in [0, 0.05) is 5.69 Å². The van der Waals surface area contributed by atoms with Gasteiger partial charge in [0.15, 0.2) is 0 Å². The third-order valence-electron chi connectivity index (χ3n) is 4.77. The fourth-order valence-electron chi connectivity index (χ4n) is 3.11. The van der Waals surface area contributed by atoms with Gasteiger partial charge in [-0.2, -0.15) is 0 Å². The highest BCUT2D eigenvalue weighted by Crippen LogP contribution is 2.29. The molecular weight excluding hydrogens is 374 g/mol. The predicted octanol–water partition coefficient (Wildman–Crippen LogP) is 2.19. The van der Waals surface area contributed by atoms with Crippen molar-refractivity contribution < 1.29 is 23.9 Å². The number of esters is 1. The van der Waals surface area contributed by atoms with E-state index in [4.69, 9.17) is 0 Å². The number of amides is 4. The first-order chi connectivity index (χ1) is 13.7. The van der Waals surface area contributed by atoms with Gasteiger partial charge in [-0.05, 0) is 37.6 Å². The van der Waals surface area contributed by atoms with Crippen LogP contribution in [0.5, 0.6) is 0 Å². The molecule has 2 aromatic carbocycles. The highest BCUT2D eigenvalue weighted by molar-refractivity contribution is 6.10. The summed E-state index contributed by atoms with van der Waals surface area (Å²) in [6.07, 6.45) is 0. The van der Waals surface area contributed by atoms with Crippen LogP contribution in [-0.2, 0) is 19.9 Å². The van der Waals surface area contributed by atoms with Gasteiger partial charge in [0.1, 0.15) is 12.1 Å². The Labute approximate surface area is 167 Å². The number of anilines is 1. The molecule has 0 aromatic heterocycles. The molecule has 4 amide bonds. The average molecular weight is 395 g/mol. The fourth-order valence-corrected chi connectivity index (χ4v) is 3.11. The lowest BCUT2D eigenvalue weighted by Gasteiger charge is -2.22. The minimum absolute atomic E-state index is 0.271. The zero-order valence-corrected chi connectivity index (χ0v) is 16.3. The zero-order chi connectivity index (χ0) is 21.2. The van der Waals surface area contributed by atoms with E-state index in [1.54, 1.807) is 37.3 Å². The molecule has 0 saturated carbocycles. The lowest BCUT2D eigenvalue weighted by Crippen LogP contribution is -2.42. The van der Waals surface area contributed by atoms with Crippen molar-refractivity contribution in [2.45, 2.75) is 19.4 Å². The molecule has 1 unspecified atom stereocenters. The molecule has 0 aliphatic carbocycles. The summed E-state index contributed by atoms with van der Waals surface area (Å²) in [6, 6.07) is 12.8. The Balaban J connectivity index is 1.72. The van der Waals surface area contributed by atoms with E-state index in [-0.39, 0.29) is 5.56 Å². The molecule has 150 valence electrons. The zero-order valence-electron chi connectivity index (χ0n) is 16.3. The van der Waals surface area contributed by atoms with Gasteiger partial charge in [0.25, 0.3) is 5.91 Å². The number of ether oxygens (including phenoxy) is 1. The Morgan fingerprint density at radius 1 is 1.14 bits per heavy atom. The van der Waals surface area contributed by atoms with Gasteiger partial charge in [-0.3, -0.25) is 14.5 Å². The van der Waals surface area contributed by atoms with E-state index in [1.807, 2.05) is 19.1 Å². The number of rotatable bonds is 5. The Hall–Kier alpha value is -3.68. The number of carbonyl (C=O) groups excluding carboxylic acids is 4. The van der Waals surface area contributed by atoms with Crippen molar-refractivity contribution in [3.05, 3.63) is 65.2 Å². The first-order valence-corrected chi connectivity index (χ1v) is 8.94. The van der Waals surface area contributed by atoms with E-state index in [0.29, 0.717) is 11.3 Å². The quantitative estimate of drug-likeness (QED) is 0.596. The summed E-state index contributed by atoms with van der Waals surface area (Å²) in [5, 5.41) is 5.25. The first kappa shape index (κ1) is 20.1. The van der Waals surface area contributed by atoms with Crippen LogP contribution in [0.4, 0.5) is 10.5 Å². The van der Waals surface area contributed by atoms with Gasteiger partial charge in [0.05, 0.1) is 12.7 Å². The van der Waals surface area contributed by atoms with Crippen molar-refractivity contribution in [1.29, 1.82) is 0 Å². The maximum Gasteiger partial charge on any atom is 0.337 e. The molecule has 1 atom stereocenters. The van der Waals surface area contributed by atoms with Crippen LogP contribution in [0, 0.1) is 6.92 Å². The molecule has 8 heteroatoms. The monoisotopic (exact) mass is 395 g/mol. The molecule has 1 aliphatic rings. The highest BCUT2D eigenvalue weighted by Gasteiger charge is 2.49. The Bertz CT molecular complexity index is 986. The summed E-state index contributed by atoms with van der Waals surface area (Å²) < 4.78 is 4.65. The van der Waals surface area contributed by atoms with E-state index in [9.17, 15) is 19.2 Å². The van der Waals surface area contributed by atoms with Gasteiger partial charge >= 0.3 is 12.0 Å². The topological polar surface area (TPSA) is 105 Å². The van der Waals surface area contributed by atoms with Crippen molar-refractivity contribution in [1.82, 2.24) is 10.2 Å². The predicted molar refractivity (Wildman–Crippen MR) is 105 cm³/mol. The second-order valence-electron chi connectivity index (χ2n) is 6.93. The summed E-state index contributed by atoms with van der Waals surface area (Å²) in [5.74, 6) is -1.61. The molecule has 2 aromatic rings. The number of aryl methyl sites for hydroxylation is 1. The Morgan fingerprint density at radius 2 is 1.83 bits per heavy atom. The largest absolute Gasteiger partial charge is 0.465 e. The van der Waals surface area contributed by atoms with E-state index >= 15 is 0 Å². The molecule has 3 rings (SSSR count). The molecule has 1 aliphatic heterocycles. The maximum atomic E-state index is 12.9. The van der Waals surface area contributed by atoms with E-state index in [0.717, 1.165) is 10.5 Å². The minimum Gasteiger partial charge on any atom is -0.465 e. The lowest BCUT2D eigenvalue weighted by molar-refractivity contribution is -0.133. The normalized spacial score (nSPS) is 18.4. The van der Waals surface area contributed by atoms with Crippen LogP contribution in [0.15, 0.2) is 48.5 Å². The highest BCUT2D eigenvalue weighted by atomic mass is 16.5. The maximum absolute atomic E-state index is 12.9. The number of benzene rings is 2.